The Morgan fingerprint density at radius 2 is 2.00 bits per heavy atom. The highest BCUT2D eigenvalue weighted by molar-refractivity contribution is 4.85. The van der Waals surface area contributed by atoms with Gasteiger partial charge in [0.2, 0.25) is 0 Å². The van der Waals surface area contributed by atoms with Gasteiger partial charge in [0.15, 0.2) is 12.5 Å². The summed E-state index contributed by atoms with van der Waals surface area (Å²) in [5.74, 6) is 0. The van der Waals surface area contributed by atoms with E-state index in [0.29, 0.717) is 0 Å². The van der Waals surface area contributed by atoms with Gasteiger partial charge >= 0.3 is 0 Å². The molecule has 5 heteroatoms. The topological polar surface area (TPSA) is 69.9 Å². The molecule has 0 spiro atoms. The second kappa shape index (κ2) is 2.79. The molecule has 0 amide bonds. The van der Waals surface area contributed by atoms with Crippen LogP contribution in [0, 0.1) is 0 Å². The SMILES string of the molecule is OCC1O[C@H](O)[C@H](O)C1F. The first-order valence-corrected chi connectivity index (χ1v) is 2.93. The van der Waals surface area contributed by atoms with E-state index in [1.165, 1.54) is 0 Å². The van der Waals surface area contributed by atoms with Crippen molar-refractivity contribution in [3.8, 4) is 0 Å². The zero-order valence-electron chi connectivity index (χ0n) is 5.14. The van der Waals surface area contributed by atoms with Crippen LogP contribution in [0.4, 0.5) is 4.39 Å². The molecule has 0 aromatic rings. The minimum absolute atomic E-state index is 0.532. The summed E-state index contributed by atoms with van der Waals surface area (Å²) >= 11 is 0. The Kier molecular flexibility index (Phi) is 2.20. The fourth-order valence-corrected chi connectivity index (χ4v) is 0.856. The first-order chi connectivity index (χ1) is 4.66. The lowest BCUT2D eigenvalue weighted by molar-refractivity contribution is -0.132. The standard InChI is InChI=1S/C5H9FO4/c6-3-2(1-7)10-5(9)4(3)8/h2-5,7-9H,1H2/t2?,3?,4-,5+/m1/s1. The quantitative estimate of drug-likeness (QED) is 0.423. The highest BCUT2D eigenvalue weighted by Gasteiger charge is 2.42. The molecule has 0 saturated carbocycles. The van der Waals surface area contributed by atoms with E-state index >= 15 is 0 Å². The molecule has 10 heavy (non-hydrogen) atoms. The zero-order chi connectivity index (χ0) is 7.72. The molecule has 1 saturated heterocycles. The van der Waals surface area contributed by atoms with E-state index in [2.05, 4.69) is 4.74 Å². The van der Waals surface area contributed by atoms with Crippen molar-refractivity contribution in [1.82, 2.24) is 0 Å². The van der Waals surface area contributed by atoms with E-state index in [9.17, 15) is 4.39 Å². The molecule has 4 nitrogen and oxygen atoms in total. The van der Waals surface area contributed by atoms with Crippen LogP contribution in [0.2, 0.25) is 0 Å². The van der Waals surface area contributed by atoms with Crippen LogP contribution < -0.4 is 0 Å². The molecule has 4 atom stereocenters. The van der Waals surface area contributed by atoms with Crippen molar-refractivity contribution in [1.29, 1.82) is 0 Å². The Bertz CT molecular complexity index is 120. The molecular formula is C5H9FO4. The van der Waals surface area contributed by atoms with Gasteiger partial charge in [0.1, 0.15) is 12.2 Å². The lowest BCUT2D eigenvalue weighted by atomic mass is 10.2. The van der Waals surface area contributed by atoms with Crippen molar-refractivity contribution in [2.24, 2.45) is 0 Å². The molecule has 0 aromatic carbocycles. The van der Waals surface area contributed by atoms with Crippen molar-refractivity contribution in [3.63, 3.8) is 0 Å². The van der Waals surface area contributed by atoms with Gasteiger partial charge in [0.05, 0.1) is 6.61 Å². The lowest BCUT2D eigenvalue weighted by Gasteiger charge is -2.06. The number of ether oxygens (including phenoxy) is 1. The first kappa shape index (κ1) is 7.87. The largest absolute Gasteiger partial charge is 0.394 e. The Morgan fingerprint density at radius 1 is 1.40 bits per heavy atom. The summed E-state index contributed by atoms with van der Waals surface area (Å²) in [6.07, 6.45) is -5.82. The summed E-state index contributed by atoms with van der Waals surface area (Å²) in [5, 5.41) is 25.7. The number of halogens is 1. The highest BCUT2D eigenvalue weighted by Crippen LogP contribution is 2.21. The number of hydrogen-bond donors (Lipinski definition) is 3. The van der Waals surface area contributed by atoms with Crippen LogP contribution in [0.5, 0.6) is 0 Å². The van der Waals surface area contributed by atoms with Crippen molar-refractivity contribution >= 4 is 0 Å². The van der Waals surface area contributed by atoms with Gasteiger partial charge in [-0.15, -0.1) is 0 Å². The molecular weight excluding hydrogens is 143 g/mol. The van der Waals surface area contributed by atoms with E-state index in [1.54, 1.807) is 0 Å². The highest BCUT2D eigenvalue weighted by atomic mass is 19.1. The molecule has 0 aromatic heterocycles. The van der Waals surface area contributed by atoms with Gasteiger partial charge < -0.3 is 20.1 Å². The van der Waals surface area contributed by atoms with Crippen LogP contribution in [-0.2, 0) is 4.74 Å². The van der Waals surface area contributed by atoms with E-state index in [0.717, 1.165) is 0 Å². The summed E-state index contributed by atoms with van der Waals surface area (Å²) in [4.78, 5) is 0. The number of rotatable bonds is 1. The third-order valence-corrected chi connectivity index (χ3v) is 1.47. The summed E-state index contributed by atoms with van der Waals surface area (Å²) < 4.78 is 17.0. The van der Waals surface area contributed by atoms with Gasteiger partial charge in [-0.3, -0.25) is 0 Å². The maximum atomic E-state index is 12.5. The van der Waals surface area contributed by atoms with Gasteiger partial charge in [0, 0.05) is 0 Å². The Labute approximate surface area is 56.9 Å². The normalized spacial score (nSPS) is 48.0. The van der Waals surface area contributed by atoms with Crippen LogP contribution >= 0.6 is 0 Å². The van der Waals surface area contributed by atoms with Crippen LogP contribution in [0.3, 0.4) is 0 Å². The fourth-order valence-electron chi connectivity index (χ4n) is 0.856. The van der Waals surface area contributed by atoms with Gasteiger partial charge in [-0.25, -0.2) is 4.39 Å². The van der Waals surface area contributed by atoms with Crippen LogP contribution in [-0.4, -0.2) is 46.6 Å². The van der Waals surface area contributed by atoms with Crippen LogP contribution in [0.1, 0.15) is 0 Å². The van der Waals surface area contributed by atoms with E-state index in [4.69, 9.17) is 15.3 Å². The summed E-state index contributed by atoms with van der Waals surface area (Å²) in [5.41, 5.74) is 0. The minimum Gasteiger partial charge on any atom is -0.394 e. The predicted molar refractivity (Wildman–Crippen MR) is 28.9 cm³/mol. The molecule has 1 heterocycles. The summed E-state index contributed by atoms with van der Waals surface area (Å²) in [6, 6.07) is 0. The molecule has 1 aliphatic heterocycles. The molecule has 3 N–H and O–H groups in total. The number of alkyl halides is 1. The number of aliphatic hydroxyl groups excluding tert-OH is 3. The van der Waals surface area contributed by atoms with Gasteiger partial charge in [-0.2, -0.15) is 0 Å². The first-order valence-electron chi connectivity index (χ1n) is 2.93. The van der Waals surface area contributed by atoms with Gasteiger partial charge in [-0.05, 0) is 0 Å². The monoisotopic (exact) mass is 152 g/mol. The molecule has 0 bridgehead atoms. The third kappa shape index (κ3) is 1.13. The number of hydrogen-bond acceptors (Lipinski definition) is 4. The van der Waals surface area contributed by atoms with E-state index in [1.807, 2.05) is 0 Å². The molecule has 1 fully saturated rings. The predicted octanol–water partition coefficient (Wildman–Crippen LogP) is -1.61. The van der Waals surface area contributed by atoms with E-state index < -0.39 is 31.3 Å². The smallest absolute Gasteiger partial charge is 0.184 e. The summed E-state index contributed by atoms with van der Waals surface area (Å²) in [7, 11) is 0. The van der Waals surface area contributed by atoms with E-state index in [-0.39, 0.29) is 0 Å². The molecule has 0 aliphatic carbocycles. The average molecular weight is 152 g/mol. The van der Waals surface area contributed by atoms with Crippen molar-refractivity contribution in [2.45, 2.75) is 24.7 Å². The third-order valence-electron chi connectivity index (χ3n) is 1.47. The Morgan fingerprint density at radius 3 is 2.20 bits per heavy atom. The van der Waals surface area contributed by atoms with Crippen LogP contribution in [0.25, 0.3) is 0 Å². The van der Waals surface area contributed by atoms with Gasteiger partial charge in [0.25, 0.3) is 0 Å². The molecule has 0 radical (unpaired) electrons. The molecule has 1 aliphatic rings. The molecule has 60 valence electrons. The zero-order valence-corrected chi connectivity index (χ0v) is 5.14. The average Bonchev–Trinajstić information content (AvgIpc) is 2.17. The maximum absolute atomic E-state index is 12.5. The van der Waals surface area contributed by atoms with Crippen molar-refractivity contribution in [3.05, 3.63) is 0 Å². The van der Waals surface area contributed by atoms with Crippen molar-refractivity contribution in [2.75, 3.05) is 6.61 Å². The van der Waals surface area contributed by atoms with Crippen LogP contribution in [0.15, 0.2) is 0 Å². The Balaban J connectivity index is 2.53. The molecule has 1 rings (SSSR count). The molecule has 2 unspecified atom stereocenters. The lowest BCUT2D eigenvalue weighted by Crippen LogP contribution is -2.29. The van der Waals surface area contributed by atoms with Crippen molar-refractivity contribution < 1.29 is 24.4 Å². The second-order valence-corrected chi connectivity index (χ2v) is 2.18. The summed E-state index contributed by atoms with van der Waals surface area (Å²) in [6.45, 7) is -0.532. The number of aliphatic hydroxyl groups is 3. The second-order valence-electron chi connectivity index (χ2n) is 2.18. The fraction of sp³-hybridized carbons (Fsp3) is 1.00. The Hall–Kier alpha value is -0.230. The van der Waals surface area contributed by atoms with Gasteiger partial charge in [-0.1, -0.05) is 0 Å². The minimum atomic E-state index is -1.69. The maximum Gasteiger partial charge on any atom is 0.184 e.